The fourth-order valence-corrected chi connectivity index (χ4v) is 4.10. The Bertz CT molecular complexity index is 953. The van der Waals surface area contributed by atoms with E-state index in [1.165, 1.54) is 4.90 Å². The van der Waals surface area contributed by atoms with Crippen molar-refractivity contribution in [1.82, 2.24) is 15.5 Å². The fraction of sp³-hybridized carbons (Fsp3) is 0.655. The van der Waals surface area contributed by atoms with E-state index < -0.39 is 41.1 Å². The highest BCUT2D eigenvalue weighted by Crippen LogP contribution is 2.33. The molecule has 214 valence electrons. The van der Waals surface area contributed by atoms with Crippen molar-refractivity contribution in [2.24, 2.45) is 5.73 Å². The molecule has 3 unspecified atom stereocenters. The second kappa shape index (κ2) is 14.2. The molecule has 38 heavy (non-hydrogen) atoms. The minimum Gasteiger partial charge on any atom is -0.444 e. The zero-order chi connectivity index (χ0) is 29.3. The first-order valence-corrected chi connectivity index (χ1v) is 13.5. The zero-order valence-electron chi connectivity index (χ0n) is 24.6. The lowest BCUT2D eigenvalue weighted by atomic mass is 9.91. The third kappa shape index (κ3) is 10.3. The Kier molecular flexibility index (Phi) is 12.3. The first-order chi connectivity index (χ1) is 17.5. The molecule has 0 aliphatic carbocycles. The van der Waals surface area contributed by atoms with Gasteiger partial charge < -0.3 is 26.0 Å². The number of rotatable bonds is 13. The summed E-state index contributed by atoms with van der Waals surface area (Å²) in [7, 11) is 0. The van der Waals surface area contributed by atoms with Crippen molar-refractivity contribution < 1.29 is 23.9 Å². The predicted octanol–water partition coefficient (Wildman–Crippen LogP) is 4.52. The molecule has 1 rings (SSSR count). The number of carbonyl (C=O) groups excluding carboxylic acids is 4. The summed E-state index contributed by atoms with van der Waals surface area (Å²) in [6.07, 6.45) is 1.28. The Labute approximate surface area is 228 Å². The molecule has 1 aromatic carbocycles. The van der Waals surface area contributed by atoms with E-state index in [0.717, 1.165) is 18.4 Å². The van der Waals surface area contributed by atoms with Crippen LogP contribution in [0.4, 0.5) is 4.79 Å². The molecule has 0 heterocycles. The maximum absolute atomic E-state index is 14.3. The quantitative estimate of drug-likeness (QED) is 0.344. The maximum atomic E-state index is 14.3. The first-order valence-electron chi connectivity index (χ1n) is 13.5. The molecule has 9 heteroatoms. The van der Waals surface area contributed by atoms with Crippen LogP contribution in [0, 0.1) is 6.92 Å². The van der Waals surface area contributed by atoms with Gasteiger partial charge in [0.05, 0.1) is 0 Å². The Morgan fingerprint density at radius 3 is 2.03 bits per heavy atom. The molecular weight excluding hydrogens is 484 g/mol. The molecule has 0 saturated heterocycles. The number of carbonyl (C=O) groups is 4. The molecule has 3 atom stereocenters. The van der Waals surface area contributed by atoms with E-state index >= 15 is 0 Å². The molecule has 4 amide bonds. The second-order valence-electron chi connectivity index (χ2n) is 11.6. The minimum absolute atomic E-state index is 0.0296. The van der Waals surface area contributed by atoms with Crippen molar-refractivity contribution in [3.63, 3.8) is 0 Å². The van der Waals surface area contributed by atoms with Crippen molar-refractivity contribution in [3.8, 4) is 0 Å². The van der Waals surface area contributed by atoms with Gasteiger partial charge in [-0.1, -0.05) is 50.1 Å². The standard InChI is InChI=1S/C29H48N4O5/c1-10-12-20(4)31-25(35)24(21-15-13-19(3)14-16-21)33(29(8,9)11-2)26(36)22(17-18-23(30)34)32-27(37)38-28(5,6)7/h13-16,20,22,24H,10-12,17-18H2,1-9H3,(H2,30,34)(H,31,35)(H,32,37). The van der Waals surface area contributed by atoms with Crippen molar-refractivity contribution >= 4 is 23.8 Å². The molecule has 0 aromatic heterocycles. The number of hydrogen-bond donors (Lipinski definition) is 3. The van der Waals surface area contributed by atoms with Gasteiger partial charge in [0.15, 0.2) is 0 Å². The maximum Gasteiger partial charge on any atom is 0.408 e. The summed E-state index contributed by atoms with van der Waals surface area (Å²) in [6, 6.07) is 5.30. The number of ether oxygens (including phenoxy) is 1. The number of nitrogens with one attached hydrogen (secondary N) is 2. The Hall–Kier alpha value is -3.10. The van der Waals surface area contributed by atoms with Crippen LogP contribution in [0.15, 0.2) is 24.3 Å². The molecule has 9 nitrogen and oxygen atoms in total. The number of nitrogens with zero attached hydrogens (tertiary/aromatic N) is 1. The second-order valence-corrected chi connectivity index (χ2v) is 11.6. The van der Waals surface area contributed by atoms with E-state index in [9.17, 15) is 19.2 Å². The van der Waals surface area contributed by atoms with Crippen LogP contribution in [0.1, 0.15) is 105 Å². The summed E-state index contributed by atoms with van der Waals surface area (Å²) in [6.45, 7) is 16.8. The lowest BCUT2D eigenvalue weighted by Crippen LogP contribution is -2.59. The number of benzene rings is 1. The number of hydrogen-bond acceptors (Lipinski definition) is 5. The van der Waals surface area contributed by atoms with Gasteiger partial charge in [-0.25, -0.2) is 4.79 Å². The fourth-order valence-electron chi connectivity index (χ4n) is 4.10. The van der Waals surface area contributed by atoms with Crippen LogP contribution in [-0.4, -0.2) is 51.9 Å². The van der Waals surface area contributed by atoms with Gasteiger partial charge in [-0.15, -0.1) is 0 Å². The van der Waals surface area contributed by atoms with E-state index in [1.807, 2.05) is 65.8 Å². The lowest BCUT2D eigenvalue weighted by molar-refractivity contribution is -0.149. The van der Waals surface area contributed by atoms with Gasteiger partial charge >= 0.3 is 6.09 Å². The van der Waals surface area contributed by atoms with Gasteiger partial charge in [-0.2, -0.15) is 0 Å². The van der Waals surface area contributed by atoms with Crippen LogP contribution >= 0.6 is 0 Å². The largest absolute Gasteiger partial charge is 0.444 e. The Balaban J connectivity index is 3.64. The molecule has 1 aromatic rings. The monoisotopic (exact) mass is 532 g/mol. The smallest absolute Gasteiger partial charge is 0.408 e. The predicted molar refractivity (Wildman–Crippen MR) is 149 cm³/mol. The number of aryl methyl sites for hydroxylation is 1. The lowest BCUT2D eigenvalue weighted by Gasteiger charge is -2.45. The number of nitrogens with two attached hydrogens (primary N) is 1. The summed E-state index contributed by atoms with van der Waals surface area (Å²) in [5.41, 5.74) is 5.49. The molecular formula is C29H48N4O5. The average Bonchev–Trinajstić information content (AvgIpc) is 2.79. The van der Waals surface area contributed by atoms with Crippen LogP contribution in [0.5, 0.6) is 0 Å². The summed E-state index contributed by atoms with van der Waals surface area (Å²) >= 11 is 0. The summed E-state index contributed by atoms with van der Waals surface area (Å²) in [5, 5.41) is 5.70. The van der Waals surface area contributed by atoms with E-state index in [1.54, 1.807) is 20.8 Å². The average molecular weight is 533 g/mol. The van der Waals surface area contributed by atoms with Crippen molar-refractivity contribution in [1.29, 1.82) is 0 Å². The molecule has 4 N–H and O–H groups in total. The Morgan fingerprint density at radius 1 is 0.974 bits per heavy atom. The third-order valence-corrected chi connectivity index (χ3v) is 6.43. The number of alkyl carbamates (subject to hydrolysis) is 1. The van der Waals surface area contributed by atoms with Crippen LogP contribution in [-0.2, 0) is 19.1 Å². The molecule has 0 saturated carbocycles. The Morgan fingerprint density at radius 2 is 1.55 bits per heavy atom. The van der Waals surface area contributed by atoms with Crippen LogP contribution < -0.4 is 16.4 Å². The highest BCUT2D eigenvalue weighted by molar-refractivity contribution is 5.93. The summed E-state index contributed by atoms with van der Waals surface area (Å²) in [4.78, 5) is 54.0. The van der Waals surface area contributed by atoms with E-state index in [2.05, 4.69) is 10.6 Å². The molecule has 0 aliphatic rings. The van der Waals surface area contributed by atoms with E-state index in [4.69, 9.17) is 10.5 Å². The SMILES string of the molecule is CCCC(C)NC(=O)C(c1ccc(C)cc1)N(C(=O)C(CCC(N)=O)NC(=O)OC(C)(C)C)C(C)(C)CC. The highest BCUT2D eigenvalue weighted by atomic mass is 16.6. The highest BCUT2D eigenvalue weighted by Gasteiger charge is 2.43. The first kappa shape index (κ1) is 32.9. The van der Waals surface area contributed by atoms with Crippen LogP contribution in [0.3, 0.4) is 0 Å². The zero-order valence-corrected chi connectivity index (χ0v) is 24.6. The van der Waals surface area contributed by atoms with Gasteiger partial charge in [0.1, 0.15) is 17.7 Å². The van der Waals surface area contributed by atoms with E-state index in [-0.39, 0.29) is 24.8 Å². The summed E-state index contributed by atoms with van der Waals surface area (Å²) < 4.78 is 5.39. The van der Waals surface area contributed by atoms with Gasteiger partial charge in [0.25, 0.3) is 0 Å². The van der Waals surface area contributed by atoms with Crippen molar-refractivity contribution in [3.05, 3.63) is 35.4 Å². The van der Waals surface area contributed by atoms with Gasteiger partial charge in [0, 0.05) is 18.0 Å². The normalized spacial score (nSPS) is 14.1. The third-order valence-electron chi connectivity index (χ3n) is 6.43. The van der Waals surface area contributed by atoms with Crippen molar-refractivity contribution in [2.75, 3.05) is 0 Å². The number of amides is 4. The van der Waals surface area contributed by atoms with Crippen molar-refractivity contribution in [2.45, 2.75) is 124 Å². The molecule has 0 bridgehead atoms. The number of primary amides is 1. The molecule has 0 aliphatic heterocycles. The van der Waals surface area contributed by atoms with E-state index in [0.29, 0.717) is 12.0 Å². The van der Waals surface area contributed by atoms with Gasteiger partial charge in [0.2, 0.25) is 17.7 Å². The van der Waals surface area contributed by atoms with Crippen LogP contribution in [0.25, 0.3) is 0 Å². The summed E-state index contributed by atoms with van der Waals surface area (Å²) in [5.74, 6) is -1.40. The molecule has 0 radical (unpaired) electrons. The minimum atomic E-state index is -1.13. The molecule has 0 spiro atoms. The van der Waals surface area contributed by atoms with Gasteiger partial charge in [-0.3, -0.25) is 14.4 Å². The van der Waals surface area contributed by atoms with Gasteiger partial charge in [-0.05, 0) is 73.3 Å². The molecule has 0 fully saturated rings. The topological polar surface area (TPSA) is 131 Å². The van der Waals surface area contributed by atoms with Crippen LogP contribution in [0.2, 0.25) is 0 Å².